The molecule has 0 radical (unpaired) electrons. The lowest BCUT2D eigenvalue weighted by Crippen LogP contribution is -2.48. The number of hydrogen-bond acceptors (Lipinski definition) is 4. The van der Waals surface area contributed by atoms with Crippen LogP contribution in [0.3, 0.4) is 0 Å². The summed E-state index contributed by atoms with van der Waals surface area (Å²) >= 11 is 0. The highest BCUT2D eigenvalue weighted by Crippen LogP contribution is 2.23. The molecule has 0 saturated carbocycles. The van der Waals surface area contributed by atoms with Crippen molar-refractivity contribution in [2.45, 2.75) is 25.8 Å². The number of aromatic nitrogens is 2. The van der Waals surface area contributed by atoms with Crippen molar-refractivity contribution in [1.82, 2.24) is 14.7 Å². The van der Waals surface area contributed by atoms with Crippen LogP contribution in [0.5, 0.6) is 5.75 Å². The van der Waals surface area contributed by atoms with Gasteiger partial charge in [-0.3, -0.25) is 9.59 Å². The van der Waals surface area contributed by atoms with Crippen molar-refractivity contribution in [1.29, 1.82) is 0 Å². The van der Waals surface area contributed by atoms with E-state index in [2.05, 4.69) is 5.10 Å². The molecule has 0 unspecified atom stereocenters. The van der Waals surface area contributed by atoms with Crippen LogP contribution in [0, 0.1) is 5.92 Å². The van der Waals surface area contributed by atoms with Gasteiger partial charge in [-0.05, 0) is 50.1 Å². The van der Waals surface area contributed by atoms with E-state index < -0.39 is 0 Å². The molecule has 1 saturated heterocycles. The Labute approximate surface area is 146 Å². The molecule has 1 aromatic heterocycles. The molecule has 2 heterocycles. The Morgan fingerprint density at radius 2 is 1.92 bits per heavy atom. The molecule has 132 valence electrons. The number of rotatable bonds is 4. The summed E-state index contributed by atoms with van der Waals surface area (Å²) in [6, 6.07) is 9.16. The molecule has 2 amide bonds. The number of methoxy groups -OCH3 is 1. The Morgan fingerprint density at radius 3 is 2.56 bits per heavy atom. The SMILES string of the molecule is COc1ccc(-n2ccc(C(=O)N3C[C@@H](C(N)=O)CC[C@H]3C)n2)cc1. The molecular weight excluding hydrogens is 320 g/mol. The molecule has 2 aromatic rings. The van der Waals surface area contributed by atoms with E-state index in [9.17, 15) is 9.59 Å². The minimum atomic E-state index is -0.353. The summed E-state index contributed by atoms with van der Waals surface area (Å²) in [5, 5.41) is 4.38. The topological polar surface area (TPSA) is 90.5 Å². The summed E-state index contributed by atoms with van der Waals surface area (Å²) in [6.07, 6.45) is 3.23. The average molecular weight is 342 g/mol. The van der Waals surface area contributed by atoms with Gasteiger partial charge in [0, 0.05) is 18.8 Å². The van der Waals surface area contributed by atoms with Gasteiger partial charge in [0.05, 0.1) is 18.7 Å². The number of nitrogens with zero attached hydrogens (tertiary/aromatic N) is 3. The van der Waals surface area contributed by atoms with Crippen LogP contribution in [0.25, 0.3) is 5.69 Å². The number of amides is 2. The van der Waals surface area contributed by atoms with E-state index in [1.807, 2.05) is 31.2 Å². The van der Waals surface area contributed by atoms with Crippen molar-refractivity contribution in [2.75, 3.05) is 13.7 Å². The Hall–Kier alpha value is -2.83. The molecule has 3 rings (SSSR count). The molecule has 0 bridgehead atoms. The molecule has 1 aromatic carbocycles. The zero-order valence-electron chi connectivity index (χ0n) is 14.4. The zero-order chi connectivity index (χ0) is 18.0. The zero-order valence-corrected chi connectivity index (χ0v) is 14.4. The number of primary amides is 1. The monoisotopic (exact) mass is 342 g/mol. The Balaban J connectivity index is 1.78. The van der Waals surface area contributed by atoms with Gasteiger partial charge in [0.1, 0.15) is 5.75 Å². The van der Waals surface area contributed by atoms with Crippen molar-refractivity contribution < 1.29 is 14.3 Å². The van der Waals surface area contributed by atoms with Gasteiger partial charge in [-0.25, -0.2) is 4.68 Å². The van der Waals surface area contributed by atoms with E-state index in [0.29, 0.717) is 12.2 Å². The van der Waals surface area contributed by atoms with Gasteiger partial charge in [0.15, 0.2) is 5.69 Å². The molecule has 1 fully saturated rings. The van der Waals surface area contributed by atoms with Crippen LogP contribution in [-0.2, 0) is 4.79 Å². The first kappa shape index (κ1) is 17.0. The molecule has 7 nitrogen and oxygen atoms in total. The number of carbonyl (C=O) groups excluding carboxylic acids is 2. The first-order valence-corrected chi connectivity index (χ1v) is 8.30. The second kappa shape index (κ2) is 6.96. The minimum Gasteiger partial charge on any atom is -0.497 e. The summed E-state index contributed by atoms with van der Waals surface area (Å²) in [4.78, 5) is 26.0. The molecule has 2 N–H and O–H groups in total. The summed E-state index contributed by atoms with van der Waals surface area (Å²) in [7, 11) is 1.61. The maximum atomic E-state index is 12.8. The second-order valence-corrected chi connectivity index (χ2v) is 6.33. The van der Waals surface area contributed by atoms with Crippen LogP contribution < -0.4 is 10.5 Å². The molecule has 0 spiro atoms. The van der Waals surface area contributed by atoms with Gasteiger partial charge in [-0.2, -0.15) is 5.10 Å². The van der Waals surface area contributed by atoms with Crippen molar-refractivity contribution in [2.24, 2.45) is 11.7 Å². The van der Waals surface area contributed by atoms with Crippen molar-refractivity contribution in [3.05, 3.63) is 42.2 Å². The lowest BCUT2D eigenvalue weighted by atomic mass is 9.92. The predicted molar refractivity (Wildman–Crippen MR) is 92.5 cm³/mol. The normalized spacial score (nSPS) is 20.3. The quantitative estimate of drug-likeness (QED) is 0.914. The summed E-state index contributed by atoms with van der Waals surface area (Å²) in [5.41, 5.74) is 6.60. The van der Waals surface area contributed by atoms with Crippen LogP contribution in [0.15, 0.2) is 36.5 Å². The fourth-order valence-electron chi connectivity index (χ4n) is 3.09. The number of likely N-dealkylation sites (tertiary alicyclic amines) is 1. The number of piperidine rings is 1. The number of carbonyl (C=O) groups is 2. The van der Waals surface area contributed by atoms with Gasteiger partial charge in [-0.15, -0.1) is 0 Å². The van der Waals surface area contributed by atoms with Gasteiger partial charge in [0.25, 0.3) is 5.91 Å². The Morgan fingerprint density at radius 1 is 1.20 bits per heavy atom. The molecule has 7 heteroatoms. The average Bonchev–Trinajstić information content (AvgIpc) is 3.11. The smallest absolute Gasteiger partial charge is 0.274 e. The maximum Gasteiger partial charge on any atom is 0.274 e. The van der Waals surface area contributed by atoms with Crippen LogP contribution >= 0.6 is 0 Å². The van der Waals surface area contributed by atoms with Crippen molar-refractivity contribution >= 4 is 11.8 Å². The fraction of sp³-hybridized carbons (Fsp3) is 0.389. The van der Waals surface area contributed by atoms with E-state index in [0.717, 1.165) is 24.3 Å². The first-order chi connectivity index (χ1) is 12.0. The van der Waals surface area contributed by atoms with Crippen LogP contribution in [0.2, 0.25) is 0 Å². The van der Waals surface area contributed by atoms with Gasteiger partial charge in [0.2, 0.25) is 5.91 Å². The third-order valence-corrected chi connectivity index (χ3v) is 4.69. The molecule has 25 heavy (non-hydrogen) atoms. The van der Waals surface area contributed by atoms with E-state index >= 15 is 0 Å². The van der Waals surface area contributed by atoms with Gasteiger partial charge < -0.3 is 15.4 Å². The van der Waals surface area contributed by atoms with E-state index in [4.69, 9.17) is 10.5 Å². The van der Waals surface area contributed by atoms with Gasteiger partial charge in [-0.1, -0.05) is 0 Å². The highest BCUT2D eigenvalue weighted by atomic mass is 16.5. The van der Waals surface area contributed by atoms with Crippen molar-refractivity contribution in [3.63, 3.8) is 0 Å². The molecule has 0 aliphatic carbocycles. The predicted octanol–water partition coefficient (Wildman–Crippen LogP) is 1.61. The van der Waals surface area contributed by atoms with E-state index in [1.165, 1.54) is 0 Å². The van der Waals surface area contributed by atoms with Crippen LogP contribution in [0.1, 0.15) is 30.3 Å². The third-order valence-electron chi connectivity index (χ3n) is 4.69. The molecule has 2 atom stereocenters. The molecular formula is C18H22N4O3. The van der Waals surface area contributed by atoms with E-state index in [-0.39, 0.29) is 23.8 Å². The molecule has 1 aliphatic heterocycles. The second-order valence-electron chi connectivity index (χ2n) is 6.33. The highest BCUT2D eigenvalue weighted by Gasteiger charge is 2.32. The van der Waals surface area contributed by atoms with Crippen LogP contribution in [0.4, 0.5) is 0 Å². The summed E-state index contributed by atoms with van der Waals surface area (Å²) in [5.74, 6) is -0.0603. The fourth-order valence-corrected chi connectivity index (χ4v) is 3.09. The first-order valence-electron chi connectivity index (χ1n) is 8.30. The number of nitrogens with two attached hydrogens (primary N) is 1. The summed E-state index contributed by atoms with van der Waals surface area (Å²) < 4.78 is 6.79. The minimum absolute atomic E-state index is 0.0641. The Kier molecular flexibility index (Phi) is 4.74. The van der Waals surface area contributed by atoms with Gasteiger partial charge >= 0.3 is 0 Å². The lowest BCUT2D eigenvalue weighted by molar-refractivity contribution is -0.123. The highest BCUT2D eigenvalue weighted by molar-refractivity contribution is 5.93. The lowest BCUT2D eigenvalue weighted by Gasteiger charge is -2.36. The summed E-state index contributed by atoms with van der Waals surface area (Å²) in [6.45, 7) is 2.33. The maximum absolute atomic E-state index is 12.8. The van der Waals surface area contributed by atoms with Crippen molar-refractivity contribution in [3.8, 4) is 11.4 Å². The number of ether oxygens (including phenoxy) is 1. The third kappa shape index (κ3) is 3.50. The molecule has 1 aliphatic rings. The van der Waals surface area contributed by atoms with Crippen LogP contribution in [-0.4, -0.2) is 46.2 Å². The standard InChI is InChI=1S/C18H22N4O3/c1-12-3-4-13(17(19)23)11-21(12)18(24)16-9-10-22(20-16)14-5-7-15(25-2)8-6-14/h5-10,12-13H,3-4,11H2,1-2H3,(H2,19,23)/t12-,13+/m1/s1. The number of hydrogen-bond donors (Lipinski definition) is 1. The largest absolute Gasteiger partial charge is 0.497 e. The Bertz CT molecular complexity index is 769. The van der Waals surface area contributed by atoms with E-state index in [1.54, 1.807) is 29.0 Å². The number of benzene rings is 1.